The Morgan fingerprint density at radius 2 is 1.94 bits per heavy atom. The Hall–Kier alpha value is -1.90. The van der Waals surface area contributed by atoms with Gasteiger partial charge in [0.1, 0.15) is 0 Å². The fraction of sp³-hybridized carbons (Fsp3) is 0.231. The molecule has 0 heterocycles. The van der Waals surface area contributed by atoms with Gasteiger partial charge in [-0.1, -0.05) is 36.4 Å². The Morgan fingerprint density at radius 3 is 2.56 bits per heavy atom. The highest BCUT2D eigenvalue weighted by Gasteiger charge is 2.02. The van der Waals surface area contributed by atoms with Crippen molar-refractivity contribution in [3.05, 3.63) is 41.5 Å². The number of hydrogen-bond acceptors (Lipinski definition) is 2. The average Bonchev–Trinajstić information content (AvgIpc) is 2.24. The Bertz CT molecular complexity index is 422. The monoisotopic (exact) mass is 217 g/mol. The van der Waals surface area contributed by atoms with Crippen molar-refractivity contribution >= 4 is 17.8 Å². The van der Waals surface area contributed by atoms with Crippen LogP contribution in [-0.2, 0) is 4.79 Å². The number of carbonyl (C=O) groups is 2. The second-order valence-electron chi connectivity index (χ2n) is 3.48. The van der Waals surface area contributed by atoms with Crippen molar-refractivity contribution in [2.45, 2.75) is 13.8 Å². The minimum absolute atomic E-state index is 0.0415. The lowest BCUT2D eigenvalue weighted by Crippen LogP contribution is -2.19. The third-order valence-electron chi connectivity index (χ3n) is 2.11. The lowest BCUT2D eigenvalue weighted by atomic mass is 10.0. The number of Topliss-reactive ketones (excluding diaryl/α,β-unsaturated/α-hetero) is 1. The quantitative estimate of drug-likeness (QED) is 0.784. The van der Waals surface area contributed by atoms with E-state index in [1.165, 1.54) is 6.92 Å². The van der Waals surface area contributed by atoms with Crippen LogP contribution in [0.15, 0.2) is 30.3 Å². The molecule has 0 bridgehead atoms. The van der Waals surface area contributed by atoms with Crippen LogP contribution in [0.4, 0.5) is 0 Å². The van der Waals surface area contributed by atoms with E-state index >= 15 is 0 Å². The third kappa shape index (κ3) is 3.69. The van der Waals surface area contributed by atoms with Crippen molar-refractivity contribution in [1.82, 2.24) is 5.32 Å². The average molecular weight is 217 g/mol. The lowest BCUT2D eigenvalue weighted by Gasteiger charge is -2.01. The maximum atomic E-state index is 11.3. The van der Waals surface area contributed by atoms with Gasteiger partial charge in [0.05, 0.1) is 0 Å². The first kappa shape index (κ1) is 12.2. The molecule has 1 rings (SSSR count). The smallest absolute Gasteiger partial charge is 0.217 e. The van der Waals surface area contributed by atoms with Gasteiger partial charge in [0.2, 0.25) is 5.91 Å². The zero-order valence-corrected chi connectivity index (χ0v) is 9.49. The van der Waals surface area contributed by atoms with Crippen molar-refractivity contribution in [3.63, 3.8) is 0 Å². The van der Waals surface area contributed by atoms with Gasteiger partial charge in [-0.15, -0.1) is 0 Å². The number of amides is 1. The maximum absolute atomic E-state index is 11.3. The van der Waals surface area contributed by atoms with Crippen LogP contribution in [0.3, 0.4) is 0 Å². The summed E-state index contributed by atoms with van der Waals surface area (Å²) >= 11 is 0. The molecule has 3 nitrogen and oxygen atoms in total. The van der Waals surface area contributed by atoms with Crippen LogP contribution in [-0.4, -0.2) is 18.2 Å². The van der Waals surface area contributed by atoms with E-state index in [0.717, 1.165) is 5.56 Å². The van der Waals surface area contributed by atoms with E-state index in [0.29, 0.717) is 12.1 Å². The van der Waals surface area contributed by atoms with E-state index in [1.54, 1.807) is 13.0 Å². The number of ketones is 1. The standard InChI is InChI=1S/C13H15NO2/c1-10(15)13-8-4-3-6-12(13)7-5-9-14-11(2)16/h3-8H,9H2,1-2H3,(H,14,16). The summed E-state index contributed by atoms with van der Waals surface area (Å²) in [6.45, 7) is 3.49. The van der Waals surface area contributed by atoms with E-state index in [-0.39, 0.29) is 11.7 Å². The summed E-state index contributed by atoms with van der Waals surface area (Å²) in [6, 6.07) is 7.38. The minimum Gasteiger partial charge on any atom is -0.353 e. The van der Waals surface area contributed by atoms with Gasteiger partial charge in [0, 0.05) is 19.0 Å². The van der Waals surface area contributed by atoms with Crippen molar-refractivity contribution in [2.24, 2.45) is 0 Å². The fourth-order valence-electron chi connectivity index (χ4n) is 1.35. The summed E-state index contributed by atoms with van der Waals surface area (Å²) in [5, 5.41) is 2.65. The van der Waals surface area contributed by atoms with E-state index in [4.69, 9.17) is 0 Å². The van der Waals surface area contributed by atoms with E-state index in [2.05, 4.69) is 5.32 Å². The van der Waals surface area contributed by atoms with Crippen molar-refractivity contribution in [3.8, 4) is 0 Å². The summed E-state index contributed by atoms with van der Waals surface area (Å²) in [5.41, 5.74) is 1.57. The molecule has 1 N–H and O–H groups in total. The zero-order chi connectivity index (χ0) is 12.0. The molecular formula is C13H15NO2. The molecule has 0 atom stereocenters. The zero-order valence-electron chi connectivity index (χ0n) is 9.49. The van der Waals surface area contributed by atoms with Gasteiger partial charge in [-0.2, -0.15) is 0 Å². The molecule has 0 unspecified atom stereocenters. The SMILES string of the molecule is CC(=O)NCC=Cc1ccccc1C(C)=O. The normalized spacial score (nSPS) is 10.4. The number of hydrogen-bond donors (Lipinski definition) is 1. The molecule has 16 heavy (non-hydrogen) atoms. The van der Waals surface area contributed by atoms with Crippen LogP contribution in [0.5, 0.6) is 0 Å². The lowest BCUT2D eigenvalue weighted by molar-refractivity contribution is -0.118. The van der Waals surface area contributed by atoms with Crippen LogP contribution < -0.4 is 5.32 Å². The molecule has 3 heteroatoms. The largest absolute Gasteiger partial charge is 0.353 e. The van der Waals surface area contributed by atoms with Gasteiger partial charge < -0.3 is 5.32 Å². The number of carbonyl (C=O) groups excluding carboxylic acids is 2. The maximum Gasteiger partial charge on any atom is 0.217 e. The van der Waals surface area contributed by atoms with Gasteiger partial charge in [0.15, 0.2) is 5.78 Å². The first-order valence-corrected chi connectivity index (χ1v) is 5.12. The highest BCUT2D eigenvalue weighted by molar-refractivity contribution is 5.97. The van der Waals surface area contributed by atoms with Gasteiger partial charge in [-0.05, 0) is 12.5 Å². The molecule has 0 fully saturated rings. The first-order valence-electron chi connectivity index (χ1n) is 5.12. The third-order valence-corrected chi connectivity index (χ3v) is 2.11. The van der Waals surface area contributed by atoms with Gasteiger partial charge >= 0.3 is 0 Å². The molecule has 1 aromatic carbocycles. The van der Waals surface area contributed by atoms with Crippen LogP contribution in [0.1, 0.15) is 29.8 Å². The molecule has 84 valence electrons. The van der Waals surface area contributed by atoms with Crippen molar-refractivity contribution in [1.29, 1.82) is 0 Å². The van der Waals surface area contributed by atoms with Crippen LogP contribution >= 0.6 is 0 Å². The highest BCUT2D eigenvalue weighted by atomic mass is 16.1. The number of nitrogens with one attached hydrogen (secondary N) is 1. The topological polar surface area (TPSA) is 46.2 Å². The molecule has 0 saturated carbocycles. The Balaban J connectivity index is 2.73. The first-order chi connectivity index (χ1) is 7.61. The summed E-state index contributed by atoms with van der Waals surface area (Å²) in [6.07, 6.45) is 3.66. The number of rotatable bonds is 4. The Labute approximate surface area is 95.2 Å². The molecule has 0 aliphatic rings. The summed E-state index contributed by atoms with van der Waals surface area (Å²) in [5.74, 6) is -0.0238. The number of benzene rings is 1. The Morgan fingerprint density at radius 1 is 1.25 bits per heavy atom. The second kappa shape index (κ2) is 5.85. The molecule has 0 aliphatic heterocycles. The fourth-order valence-corrected chi connectivity index (χ4v) is 1.35. The molecule has 1 amide bonds. The van der Waals surface area contributed by atoms with Crippen LogP contribution in [0.2, 0.25) is 0 Å². The van der Waals surface area contributed by atoms with Gasteiger partial charge in [-0.25, -0.2) is 0 Å². The predicted molar refractivity (Wildman–Crippen MR) is 64.2 cm³/mol. The summed E-state index contributed by atoms with van der Waals surface area (Å²) in [7, 11) is 0. The molecule has 0 aromatic heterocycles. The molecule has 0 aliphatic carbocycles. The summed E-state index contributed by atoms with van der Waals surface area (Å²) in [4.78, 5) is 21.9. The summed E-state index contributed by atoms with van der Waals surface area (Å²) < 4.78 is 0. The van der Waals surface area contributed by atoms with Crippen molar-refractivity contribution in [2.75, 3.05) is 6.54 Å². The highest BCUT2D eigenvalue weighted by Crippen LogP contribution is 2.10. The molecule has 0 radical (unpaired) electrons. The molecular weight excluding hydrogens is 202 g/mol. The van der Waals surface area contributed by atoms with Crippen LogP contribution in [0.25, 0.3) is 6.08 Å². The van der Waals surface area contributed by atoms with E-state index in [1.807, 2.05) is 30.4 Å². The molecule has 0 spiro atoms. The molecule has 1 aromatic rings. The van der Waals surface area contributed by atoms with Crippen molar-refractivity contribution < 1.29 is 9.59 Å². The van der Waals surface area contributed by atoms with Gasteiger partial charge in [0.25, 0.3) is 0 Å². The van der Waals surface area contributed by atoms with Crippen LogP contribution in [0, 0.1) is 0 Å². The van der Waals surface area contributed by atoms with E-state index in [9.17, 15) is 9.59 Å². The predicted octanol–water partition coefficient (Wildman–Crippen LogP) is 2.04. The Kier molecular flexibility index (Phi) is 4.45. The minimum atomic E-state index is -0.0653. The molecule has 0 saturated heterocycles. The van der Waals surface area contributed by atoms with Gasteiger partial charge in [-0.3, -0.25) is 9.59 Å². The second-order valence-corrected chi connectivity index (χ2v) is 3.48. The van der Waals surface area contributed by atoms with E-state index < -0.39 is 0 Å².